The SMILES string of the molecule is NC(=O)CC(N)C(=O)NC(CCC(=O)O)C(=O)NC(CS)C(=O)NC(CS)C(=O)O. The third-order valence-corrected chi connectivity index (χ3v) is 4.38. The van der Waals surface area contributed by atoms with E-state index in [1.165, 1.54) is 0 Å². The number of carboxylic acid groups (broad SMARTS) is 2. The zero-order valence-corrected chi connectivity index (χ0v) is 17.5. The van der Waals surface area contributed by atoms with Gasteiger partial charge in [-0.25, -0.2) is 4.79 Å². The van der Waals surface area contributed by atoms with Crippen molar-refractivity contribution >= 4 is 60.8 Å². The lowest BCUT2D eigenvalue weighted by Gasteiger charge is -2.24. The summed E-state index contributed by atoms with van der Waals surface area (Å²) in [4.78, 5) is 69.4. The van der Waals surface area contributed by atoms with E-state index < -0.39 is 72.6 Å². The van der Waals surface area contributed by atoms with Crippen LogP contribution in [0.4, 0.5) is 0 Å². The van der Waals surface area contributed by atoms with Crippen molar-refractivity contribution in [3.63, 3.8) is 0 Å². The Labute approximate surface area is 182 Å². The maximum absolute atomic E-state index is 12.5. The third-order valence-electron chi connectivity index (χ3n) is 3.65. The monoisotopic (exact) mass is 467 g/mol. The lowest BCUT2D eigenvalue weighted by atomic mass is 10.1. The Morgan fingerprint density at radius 2 is 1.27 bits per heavy atom. The second kappa shape index (κ2) is 13.7. The average Bonchev–Trinajstić information content (AvgIpc) is 2.65. The minimum atomic E-state index is -1.40. The van der Waals surface area contributed by atoms with Crippen LogP contribution in [0.25, 0.3) is 0 Å². The number of carboxylic acids is 2. The molecule has 0 saturated heterocycles. The highest BCUT2D eigenvalue weighted by atomic mass is 32.1. The highest BCUT2D eigenvalue weighted by molar-refractivity contribution is 7.80. The van der Waals surface area contributed by atoms with Gasteiger partial charge < -0.3 is 37.6 Å². The maximum Gasteiger partial charge on any atom is 0.327 e. The van der Waals surface area contributed by atoms with Gasteiger partial charge in [-0.05, 0) is 6.42 Å². The summed E-state index contributed by atoms with van der Waals surface area (Å²) in [7, 11) is 0. The molecule has 0 aliphatic rings. The van der Waals surface area contributed by atoms with Crippen LogP contribution in [0.15, 0.2) is 0 Å². The first-order valence-electron chi connectivity index (χ1n) is 8.54. The van der Waals surface area contributed by atoms with Crippen molar-refractivity contribution in [1.82, 2.24) is 16.0 Å². The van der Waals surface area contributed by atoms with Crippen molar-refractivity contribution in [2.75, 3.05) is 11.5 Å². The van der Waals surface area contributed by atoms with E-state index in [-0.39, 0.29) is 17.9 Å². The van der Waals surface area contributed by atoms with Crippen molar-refractivity contribution in [2.45, 2.75) is 43.4 Å². The Hall–Kier alpha value is -2.52. The highest BCUT2D eigenvalue weighted by Gasteiger charge is 2.30. The predicted octanol–water partition coefficient (Wildman–Crippen LogP) is -3.55. The zero-order valence-electron chi connectivity index (χ0n) is 15.7. The molecule has 170 valence electrons. The summed E-state index contributed by atoms with van der Waals surface area (Å²) in [5.74, 6) is -6.58. The van der Waals surface area contributed by atoms with Crippen LogP contribution in [0.1, 0.15) is 19.3 Å². The van der Waals surface area contributed by atoms with Gasteiger partial charge in [0.2, 0.25) is 23.6 Å². The summed E-state index contributed by atoms with van der Waals surface area (Å²) < 4.78 is 0. The summed E-state index contributed by atoms with van der Waals surface area (Å²) in [5.41, 5.74) is 10.5. The molecule has 30 heavy (non-hydrogen) atoms. The molecule has 0 aliphatic carbocycles. The topological polar surface area (TPSA) is 231 Å². The van der Waals surface area contributed by atoms with E-state index in [0.717, 1.165) is 0 Å². The lowest BCUT2D eigenvalue weighted by molar-refractivity contribution is -0.141. The maximum atomic E-state index is 12.5. The first kappa shape index (κ1) is 27.5. The minimum absolute atomic E-state index is 0.205. The van der Waals surface area contributed by atoms with Gasteiger partial charge in [-0.2, -0.15) is 25.3 Å². The molecule has 0 bridgehead atoms. The molecule has 13 nitrogen and oxygen atoms in total. The Morgan fingerprint density at radius 1 is 0.800 bits per heavy atom. The second-order valence-corrected chi connectivity index (χ2v) is 6.83. The van der Waals surface area contributed by atoms with Crippen LogP contribution in [-0.4, -0.2) is 81.5 Å². The number of carbonyl (C=O) groups excluding carboxylic acids is 4. The van der Waals surface area contributed by atoms with Gasteiger partial charge in [0, 0.05) is 17.9 Å². The van der Waals surface area contributed by atoms with Crippen LogP contribution in [0, 0.1) is 0 Å². The second-order valence-electron chi connectivity index (χ2n) is 6.10. The van der Waals surface area contributed by atoms with Gasteiger partial charge in [0.15, 0.2) is 0 Å². The minimum Gasteiger partial charge on any atom is -0.481 e. The number of nitrogens with two attached hydrogens (primary N) is 2. The van der Waals surface area contributed by atoms with Gasteiger partial charge in [0.1, 0.15) is 18.1 Å². The van der Waals surface area contributed by atoms with Gasteiger partial charge in [-0.3, -0.25) is 24.0 Å². The van der Waals surface area contributed by atoms with Gasteiger partial charge in [0.25, 0.3) is 0 Å². The summed E-state index contributed by atoms with van der Waals surface area (Å²) in [6.45, 7) is 0. The molecule has 0 aromatic rings. The van der Waals surface area contributed by atoms with Crippen molar-refractivity contribution in [2.24, 2.45) is 11.5 Å². The summed E-state index contributed by atoms with van der Waals surface area (Å²) in [6.07, 6.45) is -1.34. The molecule has 0 radical (unpaired) electrons. The fraction of sp³-hybridized carbons (Fsp3) is 0.600. The van der Waals surface area contributed by atoms with Crippen LogP contribution < -0.4 is 27.4 Å². The lowest BCUT2D eigenvalue weighted by Crippen LogP contribution is -2.58. The number of rotatable bonds is 14. The van der Waals surface area contributed by atoms with Crippen LogP contribution >= 0.6 is 25.3 Å². The van der Waals surface area contributed by atoms with E-state index in [1.807, 2.05) is 0 Å². The number of hydrogen-bond donors (Lipinski definition) is 9. The average molecular weight is 468 g/mol. The molecule has 0 aliphatic heterocycles. The Bertz CT molecular complexity index is 677. The Balaban J connectivity index is 5.24. The molecule has 4 unspecified atom stereocenters. The number of hydrogen-bond acceptors (Lipinski definition) is 9. The van der Waals surface area contributed by atoms with Crippen molar-refractivity contribution in [3.05, 3.63) is 0 Å². The predicted molar refractivity (Wildman–Crippen MR) is 110 cm³/mol. The molecular weight excluding hydrogens is 442 g/mol. The van der Waals surface area contributed by atoms with E-state index in [9.17, 15) is 28.8 Å². The normalized spacial score (nSPS) is 14.5. The van der Waals surface area contributed by atoms with Crippen LogP contribution in [0.3, 0.4) is 0 Å². The largest absolute Gasteiger partial charge is 0.481 e. The first-order chi connectivity index (χ1) is 13.9. The first-order valence-corrected chi connectivity index (χ1v) is 9.80. The van der Waals surface area contributed by atoms with Crippen molar-refractivity contribution in [3.8, 4) is 0 Å². The number of amides is 4. The molecule has 15 heteroatoms. The Morgan fingerprint density at radius 3 is 1.70 bits per heavy atom. The van der Waals surface area contributed by atoms with E-state index in [0.29, 0.717) is 0 Å². The van der Waals surface area contributed by atoms with Crippen LogP contribution in [0.5, 0.6) is 0 Å². The van der Waals surface area contributed by atoms with E-state index in [1.54, 1.807) is 0 Å². The van der Waals surface area contributed by atoms with E-state index in [2.05, 4.69) is 41.2 Å². The Kier molecular flexibility index (Phi) is 12.5. The summed E-state index contributed by atoms with van der Waals surface area (Å²) in [6, 6.07) is -5.36. The molecule has 0 rings (SSSR count). The van der Waals surface area contributed by atoms with Gasteiger partial charge in [-0.15, -0.1) is 0 Å². The number of primary amides is 1. The molecule has 0 aromatic carbocycles. The van der Waals surface area contributed by atoms with Crippen molar-refractivity contribution in [1.29, 1.82) is 0 Å². The smallest absolute Gasteiger partial charge is 0.327 e. The number of nitrogens with one attached hydrogen (secondary N) is 3. The molecule has 0 saturated carbocycles. The molecule has 9 N–H and O–H groups in total. The molecule has 0 heterocycles. The third kappa shape index (κ3) is 10.3. The quantitative estimate of drug-likeness (QED) is 0.115. The number of carbonyl (C=O) groups is 6. The molecule has 0 aromatic heterocycles. The highest BCUT2D eigenvalue weighted by Crippen LogP contribution is 2.02. The van der Waals surface area contributed by atoms with Gasteiger partial charge in [0.05, 0.1) is 12.5 Å². The van der Waals surface area contributed by atoms with Crippen LogP contribution in [-0.2, 0) is 28.8 Å². The molecule has 0 fully saturated rings. The summed E-state index contributed by atoms with van der Waals surface area (Å²) in [5, 5.41) is 24.4. The standard InChI is InChI=1S/C15H25N5O8S2/c16-6(3-10(17)21)12(24)18-7(1-2-11(22)23)13(25)19-8(4-29)14(26)20-9(5-30)15(27)28/h6-9,29-30H,1-5,16H2,(H2,17,21)(H,18,24)(H,19,25)(H,20,26)(H,22,23)(H,27,28). The fourth-order valence-corrected chi connectivity index (χ4v) is 2.55. The van der Waals surface area contributed by atoms with Crippen LogP contribution in [0.2, 0.25) is 0 Å². The van der Waals surface area contributed by atoms with Crippen molar-refractivity contribution < 1.29 is 39.0 Å². The molecule has 0 spiro atoms. The van der Waals surface area contributed by atoms with Gasteiger partial charge in [-0.1, -0.05) is 0 Å². The number of aliphatic carboxylic acids is 2. The molecular formula is C15H25N5O8S2. The summed E-state index contributed by atoms with van der Waals surface area (Å²) >= 11 is 7.74. The fourth-order valence-electron chi connectivity index (χ4n) is 2.05. The number of thiol groups is 2. The molecule has 4 atom stereocenters. The van der Waals surface area contributed by atoms with Gasteiger partial charge >= 0.3 is 11.9 Å². The van der Waals surface area contributed by atoms with E-state index >= 15 is 0 Å². The zero-order chi connectivity index (χ0) is 23.4. The molecule has 4 amide bonds. The van der Waals surface area contributed by atoms with E-state index in [4.69, 9.17) is 21.7 Å².